The number of hydrogen-bond donors (Lipinski definition) is 0. The zero-order chi connectivity index (χ0) is 57.2. The lowest BCUT2D eigenvalue weighted by molar-refractivity contribution is -0.123. The third-order valence-electron chi connectivity index (χ3n) is 15.1. The minimum atomic E-state index is -0.601. The molecule has 2 saturated carbocycles. The highest BCUT2D eigenvalue weighted by molar-refractivity contribution is 6.68. The number of carbonyl (C=O) groups excluding carboxylic acids is 10. The summed E-state index contributed by atoms with van der Waals surface area (Å²) in [5.41, 5.74) is 5.43. The van der Waals surface area contributed by atoms with Crippen molar-refractivity contribution in [1.29, 1.82) is 0 Å². The van der Waals surface area contributed by atoms with Gasteiger partial charge in [0.05, 0.1) is 45.6 Å². The fraction of sp³-hybridized carbons (Fsp3) is 0.156. The van der Waals surface area contributed by atoms with Crippen LogP contribution in [0.2, 0.25) is 0 Å². The molecule has 3 fully saturated rings. The van der Waals surface area contributed by atoms with E-state index in [4.69, 9.17) is 46.4 Å². The van der Waals surface area contributed by atoms with Crippen molar-refractivity contribution in [2.45, 2.75) is 19.3 Å². The lowest BCUT2D eigenvalue weighted by Gasteiger charge is -2.17. The molecule has 4 aliphatic carbocycles. The second-order valence-corrected chi connectivity index (χ2v) is 21.3. The fourth-order valence-electron chi connectivity index (χ4n) is 11.2. The van der Waals surface area contributed by atoms with Crippen LogP contribution in [0.5, 0.6) is 0 Å². The van der Waals surface area contributed by atoms with Gasteiger partial charge in [-0.25, -0.2) is 9.80 Å². The summed E-state index contributed by atoms with van der Waals surface area (Å²) in [6.45, 7) is 0. The first-order chi connectivity index (χ1) is 39.0. The molecule has 7 unspecified atom stereocenters. The molecule has 0 spiro atoms. The van der Waals surface area contributed by atoms with Gasteiger partial charge in [-0.1, -0.05) is 84.7 Å². The molecule has 81 heavy (non-hydrogen) atoms. The third-order valence-corrected chi connectivity index (χ3v) is 16.1. The number of imide groups is 3. The first-order valence-electron chi connectivity index (χ1n) is 25.6. The summed E-state index contributed by atoms with van der Waals surface area (Å²) in [6, 6.07) is 41.7. The molecule has 0 radical (unpaired) electrons. The minimum absolute atomic E-state index is 0.119. The van der Waals surface area contributed by atoms with Crippen LogP contribution in [0.25, 0.3) is 5.57 Å². The first kappa shape index (κ1) is 55.7. The molecule has 3 aliphatic heterocycles. The second kappa shape index (κ2) is 23.6. The van der Waals surface area contributed by atoms with E-state index in [2.05, 4.69) is 36.1 Å². The lowest BCUT2D eigenvalue weighted by atomic mass is 9.85. The van der Waals surface area contributed by atoms with Gasteiger partial charge in [0, 0.05) is 39.8 Å². The number of nitrogens with zero attached hydrogens (tertiary/aromatic N) is 3. The molecule has 6 amide bonds. The smallest absolute Gasteiger partial charge is 0.266 e. The normalized spacial score (nSPS) is 22.0. The Labute approximate surface area is 484 Å². The summed E-state index contributed by atoms with van der Waals surface area (Å²) in [5, 5.41) is -1.89. The van der Waals surface area contributed by atoms with Gasteiger partial charge in [-0.2, -0.15) is 0 Å². The van der Waals surface area contributed by atoms with Crippen LogP contribution in [0, 0.1) is 53.3 Å². The highest BCUT2D eigenvalue weighted by Crippen LogP contribution is 2.53. The van der Waals surface area contributed by atoms with Gasteiger partial charge in [-0.05, 0) is 198 Å². The minimum Gasteiger partial charge on any atom is -0.281 e. The number of allylic oxidation sites excluding steroid dienone is 4. The van der Waals surface area contributed by atoms with Gasteiger partial charge in [0.25, 0.3) is 39.4 Å². The molecule has 402 valence electrons. The molecule has 7 atom stereocenters. The summed E-state index contributed by atoms with van der Waals surface area (Å²) >= 11 is 21.6. The van der Waals surface area contributed by atoms with Crippen molar-refractivity contribution in [2.75, 3.05) is 14.7 Å². The molecule has 4 bridgehead atoms. The van der Waals surface area contributed by atoms with Crippen molar-refractivity contribution in [3.63, 3.8) is 0 Å². The van der Waals surface area contributed by atoms with E-state index in [1.165, 1.54) is 71.6 Å². The number of rotatable bonds is 8. The van der Waals surface area contributed by atoms with Gasteiger partial charge in [0.2, 0.25) is 17.1 Å². The zero-order valence-corrected chi connectivity index (χ0v) is 45.4. The molecular weight excluding hydrogens is 1110 g/mol. The Hall–Kier alpha value is -8.64. The molecule has 1 saturated heterocycles. The Morgan fingerprint density at radius 1 is 0.432 bits per heavy atom. The quantitative estimate of drug-likeness (QED) is 0.0616. The van der Waals surface area contributed by atoms with E-state index in [-0.39, 0.29) is 52.6 Å². The fourth-order valence-corrected chi connectivity index (χ4v) is 11.8. The van der Waals surface area contributed by atoms with Crippen LogP contribution in [0.1, 0.15) is 87.7 Å². The van der Waals surface area contributed by atoms with Gasteiger partial charge in [0.15, 0.2) is 0 Å². The molecule has 13 rings (SSSR count). The molecule has 6 aromatic rings. The maximum absolute atomic E-state index is 12.8. The van der Waals surface area contributed by atoms with Crippen molar-refractivity contribution in [3.05, 3.63) is 227 Å². The van der Waals surface area contributed by atoms with Crippen LogP contribution in [-0.4, -0.2) is 56.4 Å². The maximum Gasteiger partial charge on any atom is 0.266 e. The molecule has 13 nitrogen and oxygen atoms in total. The monoisotopic (exact) mass is 1150 g/mol. The van der Waals surface area contributed by atoms with Crippen molar-refractivity contribution >= 4 is 125 Å². The topological polar surface area (TPSA) is 180 Å². The third kappa shape index (κ3) is 11.4. The van der Waals surface area contributed by atoms with E-state index < -0.39 is 33.4 Å². The average Bonchev–Trinajstić information content (AvgIpc) is 3.32. The maximum atomic E-state index is 12.8. The first-order valence-corrected chi connectivity index (χ1v) is 27.1. The largest absolute Gasteiger partial charge is 0.281 e. The van der Waals surface area contributed by atoms with Gasteiger partial charge in [0.1, 0.15) is 0 Å². The number of carbonyl (C=O) groups is 10. The molecule has 7 aliphatic rings. The SMILES string of the molecule is O=C(Cl)C1CC2C=CC1C2.O=C(Cl)c1ccc(N2C(=O)C3C4C=CC(C4)C3C2=O)cc1.O=C(Cl)c1ccc(N2C(=O)C=C(c3ccccc3)C2=O)cc1.O=C(Cl)c1ccc(N2C(=O)c3ccc(C#Cc4ccccc4)cc3C2=O)cc1. The Morgan fingerprint density at radius 3 is 1.37 bits per heavy atom. The highest BCUT2D eigenvalue weighted by Gasteiger charge is 2.59. The van der Waals surface area contributed by atoms with Crippen molar-refractivity contribution in [2.24, 2.45) is 41.4 Å². The average molecular weight is 1160 g/mol. The number of amides is 6. The van der Waals surface area contributed by atoms with Crippen LogP contribution in [-0.2, 0) is 24.0 Å². The highest BCUT2D eigenvalue weighted by atomic mass is 35.5. The standard InChI is InChI=1S/C23H12ClNO3.C17H10ClNO3.C16H12ClNO3.C8H9ClO/c24-21(26)17-9-11-18(12-10-17)25-22(27)19-13-8-16(14-20(19)23(25)28)7-6-15-4-2-1-3-5-15;18-16(21)12-6-8-13(9-7-12)19-15(20)10-14(17(19)22)11-4-2-1-3-5-11;17-14(19)8-3-5-11(6-4-8)18-15(20)12-9-1-2-10(7-9)13(12)16(18)21;9-8(10)7-4-5-1-2-6(7)3-5/h1-5,8-14H;1-10H;1-6,9-10,12-13H,7H2;1-2,5-7H,3-4H2. The van der Waals surface area contributed by atoms with Crippen LogP contribution < -0.4 is 14.7 Å². The summed E-state index contributed by atoms with van der Waals surface area (Å²) in [7, 11) is 0. The van der Waals surface area contributed by atoms with E-state index in [1.54, 1.807) is 54.6 Å². The molecule has 0 aromatic heterocycles. The van der Waals surface area contributed by atoms with Gasteiger partial charge in [-0.3, -0.25) is 52.8 Å². The molecule has 0 N–H and O–H groups in total. The number of halogens is 4. The number of benzene rings is 6. The molecular formula is C64H43Cl4N3O10. The summed E-state index contributed by atoms with van der Waals surface area (Å²) in [4.78, 5) is 123. The van der Waals surface area contributed by atoms with Crippen molar-refractivity contribution < 1.29 is 47.9 Å². The predicted molar refractivity (Wildman–Crippen MR) is 307 cm³/mol. The Bertz CT molecular complexity index is 3750. The van der Waals surface area contributed by atoms with Crippen molar-refractivity contribution in [3.8, 4) is 11.8 Å². The van der Waals surface area contributed by atoms with Crippen LogP contribution in [0.15, 0.2) is 182 Å². The van der Waals surface area contributed by atoms with Gasteiger partial charge >= 0.3 is 0 Å². The predicted octanol–water partition coefficient (Wildman–Crippen LogP) is 11.6. The lowest BCUT2D eigenvalue weighted by Crippen LogP contribution is -2.32. The summed E-state index contributed by atoms with van der Waals surface area (Å²) in [5.74, 6) is 5.42. The van der Waals surface area contributed by atoms with Gasteiger partial charge in [-0.15, -0.1) is 0 Å². The van der Waals surface area contributed by atoms with Crippen molar-refractivity contribution in [1.82, 2.24) is 0 Å². The number of fused-ring (bicyclic) bond motifs is 8. The van der Waals surface area contributed by atoms with E-state index in [9.17, 15) is 47.9 Å². The Balaban J connectivity index is 0.000000127. The van der Waals surface area contributed by atoms with E-state index >= 15 is 0 Å². The number of anilines is 3. The van der Waals surface area contributed by atoms with Crippen LogP contribution >= 0.6 is 46.4 Å². The van der Waals surface area contributed by atoms with E-state index in [0.29, 0.717) is 73.4 Å². The Morgan fingerprint density at radius 2 is 0.901 bits per heavy atom. The zero-order valence-electron chi connectivity index (χ0n) is 42.4. The van der Waals surface area contributed by atoms with E-state index in [1.807, 2.05) is 36.4 Å². The van der Waals surface area contributed by atoms with Crippen LogP contribution in [0.3, 0.4) is 0 Å². The second-order valence-electron chi connectivity index (χ2n) is 19.9. The van der Waals surface area contributed by atoms with Crippen LogP contribution in [0.4, 0.5) is 17.1 Å². The van der Waals surface area contributed by atoms with Gasteiger partial charge < -0.3 is 0 Å². The molecule has 17 heteroatoms. The number of hydrogen-bond acceptors (Lipinski definition) is 10. The summed E-state index contributed by atoms with van der Waals surface area (Å²) < 4.78 is 0. The Kier molecular flexibility index (Phi) is 16.2. The summed E-state index contributed by atoms with van der Waals surface area (Å²) in [6.07, 6.45) is 12.9. The molecule has 6 aromatic carbocycles. The molecule has 3 heterocycles. The van der Waals surface area contributed by atoms with E-state index in [0.717, 1.165) is 34.6 Å².